The van der Waals surface area contributed by atoms with Crippen molar-refractivity contribution < 1.29 is 9.47 Å². The second-order valence-corrected chi connectivity index (χ2v) is 4.75. The number of rotatable bonds is 8. The second kappa shape index (κ2) is 8.61. The number of imidazole rings is 1. The van der Waals surface area contributed by atoms with Crippen molar-refractivity contribution in [1.82, 2.24) is 9.55 Å². The average molecular weight is 312 g/mol. The highest BCUT2D eigenvalue weighted by molar-refractivity contribution is 5.51. The van der Waals surface area contributed by atoms with Gasteiger partial charge >= 0.3 is 0 Å². The van der Waals surface area contributed by atoms with Crippen LogP contribution in [0.15, 0.2) is 43.0 Å². The van der Waals surface area contributed by atoms with Gasteiger partial charge in [0.15, 0.2) is 0 Å². The first kappa shape index (κ1) is 16.6. The first-order valence-corrected chi connectivity index (χ1v) is 7.40. The molecule has 6 heteroatoms. The smallest absolute Gasteiger partial charge is 0.148 e. The van der Waals surface area contributed by atoms with Crippen LogP contribution >= 0.6 is 0 Å². The molecule has 0 amide bonds. The van der Waals surface area contributed by atoms with E-state index < -0.39 is 0 Å². The van der Waals surface area contributed by atoms with Gasteiger partial charge in [-0.25, -0.2) is 4.98 Å². The van der Waals surface area contributed by atoms with Crippen LogP contribution in [-0.4, -0.2) is 29.9 Å². The maximum atomic E-state index is 9.16. The molecule has 2 rings (SSSR count). The van der Waals surface area contributed by atoms with Crippen molar-refractivity contribution in [2.45, 2.75) is 13.3 Å². The highest BCUT2D eigenvalue weighted by Crippen LogP contribution is 2.23. The molecule has 0 saturated heterocycles. The number of hydrogen-bond donors (Lipinski definition) is 1. The lowest BCUT2D eigenvalue weighted by atomic mass is 10.2. The highest BCUT2D eigenvalue weighted by Gasteiger charge is 2.07. The molecule has 0 spiro atoms. The summed E-state index contributed by atoms with van der Waals surface area (Å²) in [7, 11) is 1.61. The van der Waals surface area contributed by atoms with Gasteiger partial charge < -0.3 is 19.4 Å². The van der Waals surface area contributed by atoms with E-state index in [1.54, 1.807) is 19.5 Å². The molecule has 2 aromatic rings. The molecular formula is C17H20N4O2. The topological polar surface area (TPSA) is 72.1 Å². The molecular weight excluding hydrogens is 292 g/mol. The van der Waals surface area contributed by atoms with E-state index in [0.717, 1.165) is 17.9 Å². The minimum Gasteiger partial charge on any atom is -0.490 e. The third kappa shape index (κ3) is 4.59. The lowest BCUT2D eigenvalue weighted by Crippen LogP contribution is -2.06. The third-order valence-corrected chi connectivity index (χ3v) is 3.10. The average Bonchev–Trinajstić information content (AvgIpc) is 3.04. The fourth-order valence-electron chi connectivity index (χ4n) is 1.92. The van der Waals surface area contributed by atoms with Gasteiger partial charge in [-0.15, -0.1) is 0 Å². The zero-order valence-electron chi connectivity index (χ0n) is 13.3. The molecule has 0 radical (unpaired) electrons. The number of allylic oxidation sites excluding steroid dienone is 1. The van der Waals surface area contributed by atoms with E-state index >= 15 is 0 Å². The van der Waals surface area contributed by atoms with Crippen LogP contribution in [0.2, 0.25) is 0 Å². The Morgan fingerprint density at radius 3 is 3.00 bits per heavy atom. The molecule has 0 aliphatic heterocycles. The number of benzene rings is 1. The molecule has 1 heterocycles. The number of methoxy groups -OCH3 is 1. The second-order valence-electron chi connectivity index (χ2n) is 4.75. The maximum absolute atomic E-state index is 9.16. The monoisotopic (exact) mass is 312 g/mol. The van der Waals surface area contributed by atoms with Crippen LogP contribution < -0.4 is 10.1 Å². The number of nitriles is 1. The van der Waals surface area contributed by atoms with Crippen LogP contribution in [-0.2, 0) is 4.74 Å². The van der Waals surface area contributed by atoms with Crippen LogP contribution in [0.4, 0.5) is 5.82 Å². The summed E-state index contributed by atoms with van der Waals surface area (Å²) in [6.45, 7) is 2.93. The number of ether oxygens (including phenoxy) is 2. The predicted octanol–water partition coefficient (Wildman–Crippen LogP) is 3.10. The molecule has 1 aromatic heterocycles. The summed E-state index contributed by atoms with van der Waals surface area (Å²) in [6.07, 6.45) is 8.43. The van der Waals surface area contributed by atoms with E-state index in [0.29, 0.717) is 24.5 Å². The molecule has 0 aliphatic carbocycles. The van der Waals surface area contributed by atoms with Gasteiger partial charge in [0.25, 0.3) is 0 Å². The van der Waals surface area contributed by atoms with Crippen molar-refractivity contribution in [1.29, 1.82) is 5.26 Å². The normalized spacial score (nSPS) is 10.7. The lowest BCUT2D eigenvalue weighted by Gasteiger charge is -2.10. The summed E-state index contributed by atoms with van der Waals surface area (Å²) < 4.78 is 12.4. The van der Waals surface area contributed by atoms with Gasteiger partial charge in [0.1, 0.15) is 30.6 Å². The van der Waals surface area contributed by atoms with Crippen LogP contribution in [0.5, 0.6) is 5.75 Å². The van der Waals surface area contributed by atoms with Crippen molar-refractivity contribution in [2.24, 2.45) is 0 Å². The summed E-state index contributed by atoms with van der Waals surface area (Å²) in [6, 6.07) is 7.54. The minimum atomic E-state index is 0.396. The van der Waals surface area contributed by atoms with Crippen molar-refractivity contribution in [3.63, 3.8) is 0 Å². The third-order valence-electron chi connectivity index (χ3n) is 3.10. The fourth-order valence-corrected chi connectivity index (χ4v) is 1.92. The summed E-state index contributed by atoms with van der Waals surface area (Å²) in [5.41, 5.74) is 1.37. The van der Waals surface area contributed by atoms with E-state index in [1.807, 2.05) is 35.2 Å². The number of nitrogens with one attached hydrogen (secondary N) is 1. The number of nitrogens with zero attached hydrogens (tertiary/aromatic N) is 3. The molecule has 120 valence electrons. The molecule has 0 atom stereocenters. The number of aromatic nitrogens is 2. The number of hydrogen-bond acceptors (Lipinski definition) is 5. The summed E-state index contributed by atoms with van der Waals surface area (Å²) in [5.74, 6) is 1.29. The Kier molecular flexibility index (Phi) is 6.21. The molecule has 0 bridgehead atoms. The largest absolute Gasteiger partial charge is 0.490 e. The van der Waals surface area contributed by atoms with Crippen molar-refractivity contribution in [3.05, 3.63) is 48.6 Å². The van der Waals surface area contributed by atoms with Crippen LogP contribution in [0, 0.1) is 11.3 Å². The SMILES string of the molecule is CC/C=C\Nc1cn(-c2ccc(C#N)c(OCCOC)c2)cn1. The lowest BCUT2D eigenvalue weighted by molar-refractivity contribution is 0.146. The molecule has 1 aromatic carbocycles. The number of anilines is 1. The minimum absolute atomic E-state index is 0.396. The Morgan fingerprint density at radius 1 is 1.39 bits per heavy atom. The van der Waals surface area contributed by atoms with E-state index in [-0.39, 0.29) is 0 Å². The summed E-state index contributed by atoms with van der Waals surface area (Å²) in [5, 5.41) is 12.3. The Balaban J connectivity index is 2.17. The van der Waals surface area contributed by atoms with Crippen molar-refractivity contribution in [2.75, 3.05) is 25.6 Å². The van der Waals surface area contributed by atoms with Gasteiger partial charge in [0.2, 0.25) is 0 Å². The molecule has 0 fully saturated rings. The molecule has 0 aliphatic rings. The zero-order chi connectivity index (χ0) is 16.5. The van der Waals surface area contributed by atoms with Gasteiger partial charge in [0, 0.05) is 13.2 Å². The molecule has 1 N–H and O–H groups in total. The van der Waals surface area contributed by atoms with Gasteiger partial charge in [-0.3, -0.25) is 0 Å². The zero-order valence-corrected chi connectivity index (χ0v) is 13.3. The highest BCUT2D eigenvalue weighted by atomic mass is 16.5. The van der Waals surface area contributed by atoms with Gasteiger partial charge in [-0.05, 0) is 24.8 Å². The van der Waals surface area contributed by atoms with E-state index in [4.69, 9.17) is 14.7 Å². The Morgan fingerprint density at radius 2 is 2.26 bits per heavy atom. The first-order chi connectivity index (χ1) is 11.3. The van der Waals surface area contributed by atoms with E-state index in [1.165, 1.54) is 0 Å². The predicted molar refractivity (Wildman–Crippen MR) is 88.7 cm³/mol. The quantitative estimate of drug-likeness (QED) is 0.758. The Bertz CT molecular complexity index is 701. The molecule has 0 unspecified atom stereocenters. The standard InChI is InChI=1S/C17H20N4O2/c1-3-4-7-19-17-12-21(13-20-17)15-6-5-14(11-18)16(10-15)23-9-8-22-2/h4-7,10,12-13,19H,3,8-9H2,1-2H3/b7-4-. The van der Waals surface area contributed by atoms with Crippen LogP contribution in [0.1, 0.15) is 18.9 Å². The van der Waals surface area contributed by atoms with E-state index in [9.17, 15) is 0 Å². The Labute approximate surface area is 136 Å². The summed E-state index contributed by atoms with van der Waals surface area (Å²) >= 11 is 0. The van der Waals surface area contributed by atoms with Crippen molar-refractivity contribution >= 4 is 5.82 Å². The summed E-state index contributed by atoms with van der Waals surface area (Å²) in [4.78, 5) is 4.29. The van der Waals surface area contributed by atoms with Gasteiger partial charge in [-0.2, -0.15) is 5.26 Å². The fraction of sp³-hybridized carbons (Fsp3) is 0.294. The van der Waals surface area contributed by atoms with Crippen LogP contribution in [0.25, 0.3) is 5.69 Å². The van der Waals surface area contributed by atoms with Gasteiger partial charge in [-0.1, -0.05) is 13.0 Å². The first-order valence-electron chi connectivity index (χ1n) is 7.40. The van der Waals surface area contributed by atoms with E-state index in [2.05, 4.69) is 23.3 Å². The molecule has 23 heavy (non-hydrogen) atoms. The molecule has 0 saturated carbocycles. The van der Waals surface area contributed by atoms with Crippen LogP contribution in [0.3, 0.4) is 0 Å². The van der Waals surface area contributed by atoms with Crippen molar-refractivity contribution in [3.8, 4) is 17.5 Å². The Hall–Kier alpha value is -2.78. The van der Waals surface area contributed by atoms with Gasteiger partial charge in [0.05, 0.1) is 24.1 Å². The molecule has 6 nitrogen and oxygen atoms in total. The maximum Gasteiger partial charge on any atom is 0.148 e.